The van der Waals surface area contributed by atoms with Crippen molar-refractivity contribution < 1.29 is 0 Å². The Labute approximate surface area is 143 Å². The number of nitrogens with one attached hydrogen (secondary N) is 1. The van der Waals surface area contributed by atoms with Gasteiger partial charge in [-0.2, -0.15) is 0 Å². The van der Waals surface area contributed by atoms with E-state index in [0.29, 0.717) is 6.54 Å². The maximum absolute atomic E-state index is 7.71. The lowest BCUT2D eigenvalue weighted by Gasteiger charge is -2.12. The highest BCUT2D eigenvalue weighted by atomic mass is 79.9. The highest BCUT2D eigenvalue weighted by molar-refractivity contribution is 9.10. The summed E-state index contributed by atoms with van der Waals surface area (Å²) < 4.78 is 3.16. The van der Waals surface area contributed by atoms with E-state index >= 15 is 0 Å². The molecule has 0 aliphatic rings. The lowest BCUT2D eigenvalue weighted by atomic mass is 10.1. The van der Waals surface area contributed by atoms with Crippen LogP contribution in [0.25, 0.3) is 0 Å². The quantitative estimate of drug-likeness (QED) is 0.533. The van der Waals surface area contributed by atoms with Gasteiger partial charge in [0.05, 0.1) is 0 Å². The van der Waals surface area contributed by atoms with Gasteiger partial charge < -0.3 is 10.3 Å². The van der Waals surface area contributed by atoms with Crippen LogP contribution in [0, 0.1) is 5.41 Å². The fourth-order valence-electron chi connectivity index (χ4n) is 2.59. The van der Waals surface area contributed by atoms with Crippen molar-refractivity contribution in [2.45, 2.75) is 13.0 Å². The summed E-state index contributed by atoms with van der Waals surface area (Å²) >= 11 is 3.50. The van der Waals surface area contributed by atoms with Gasteiger partial charge in [-0.25, -0.2) is 4.98 Å². The summed E-state index contributed by atoms with van der Waals surface area (Å²) in [4.78, 5) is 4.47. The molecule has 1 heterocycles. The summed E-state index contributed by atoms with van der Waals surface area (Å²) in [5.74, 6) is 1.08. The van der Waals surface area contributed by atoms with Crippen LogP contribution >= 0.6 is 15.9 Å². The second-order valence-electron chi connectivity index (χ2n) is 5.35. The summed E-state index contributed by atoms with van der Waals surface area (Å²) in [5, 5.41) is 7.71. The molecule has 0 radical (unpaired) electrons. The molecule has 0 bridgehead atoms. The highest BCUT2D eigenvalue weighted by Gasteiger charge is 2.09. The molecular formula is C18H17BrN4. The van der Waals surface area contributed by atoms with E-state index in [9.17, 15) is 0 Å². The molecule has 3 N–H and O–H groups in total. The van der Waals surface area contributed by atoms with E-state index in [1.54, 1.807) is 0 Å². The van der Waals surface area contributed by atoms with Crippen LogP contribution in [0.15, 0.2) is 65.4 Å². The van der Waals surface area contributed by atoms with E-state index in [1.807, 2.05) is 48.8 Å². The highest BCUT2D eigenvalue weighted by Crippen LogP contribution is 2.16. The monoisotopic (exact) mass is 368 g/mol. The predicted octanol–water partition coefficient (Wildman–Crippen LogP) is 3.57. The molecule has 1 aromatic heterocycles. The second kappa shape index (κ2) is 6.79. The predicted molar refractivity (Wildman–Crippen MR) is 95.7 cm³/mol. The third-order valence-electron chi connectivity index (χ3n) is 3.70. The fourth-order valence-corrected chi connectivity index (χ4v) is 3.03. The zero-order valence-electron chi connectivity index (χ0n) is 12.5. The standard InChI is InChI=1S/C18H17BrN4/c19-15-6-3-4-13(10-15)11-17-22-8-9-23(17)12-14-5-1-2-7-16(14)18(20)21/h1-10H,11-12H2,(H3,20,21). The molecule has 0 aliphatic carbocycles. The van der Waals surface area contributed by atoms with Crippen LogP contribution in [0.5, 0.6) is 0 Å². The van der Waals surface area contributed by atoms with Crippen molar-refractivity contribution in [3.63, 3.8) is 0 Å². The molecule has 0 saturated heterocycles. The van der Waals surface area contributed by atoms with Crippen LogP contribution in [0.3, 0.4) is 0 Å². The van der Waals surface area contributed by atoms with Crippen molar-refractivity contribution in [1.29, 1.82) is 5.41 Å². The zero-order chi connectivity index (χ0) is 16.2. The van der Waals surface area contributed by atoms with Crippen molar-refractivity contribution >= 4 is 21.8 Å². The third kappa shape index (κ3) is 3.68. The Balaban J connectivity index is 1.86. The number of benzene rings is 2. The first-order valence-electron chi connectivity index (χ1n) is 7.30. The SMILES string of the molecule is N=C(N)c1ccccc1Cn1ccnc1Cc1cccc(Br)c1. The van der Waals surface area contributed by atoms with Crippen LogP contribution in [0.4, 0.5) is 0 Å². The number of hydrogen-bond donors (Lipinski definition) is 2. The Kier molecular flexibility index (Phi) is 4.57. The molecule has 5 heteroatoms. The number of nitrogen functional groups attached to an aromatic ring is 1. The molecule has 4 nitrogen and oxygen atoms in total. The van der Waals surface area contributed by atoms with Gasteiger partial charge in [0.2, 0.25) is 0 Å². The first-order chi connectivity index (χ1) is 11.1. The van der Waals surface area contributed by atoms with Crippen LogP contribution in [0.1, 0.15) is 22.5 Å². The second-order valence-corrected chi connectivity index (χ2v) is 6.26. The summed E-state index contributed by atoms with van der Waals surface area (Å²) in [6.45, 7) is 0.652. The minimum absolute atomic E-state index is 0.0919. The smallest absolute Gasteiger partial charge is 0.123 e. The third-order valence-corrected chi connectivity index (χ3v) is 4.19. The van der Waals surface area contributed by atoms with E-state index in [1.165, 1.54) is 5.56 Å². The van der Waals surface area contributed by atoms with Gasteiger partial charge in [0.1, 0.15) is 11.7 Å². The molecule has 116 valence electrons. The van der Waals surface area contributed by atoms with Gasteiger partial charge in [0, 0.05) is 35.4 Å². The van der Waals surface area contributed by atoms with Crippen LogP contribution in [-0.4, -0.2) is 15.4 Å². The zero-order valence-corrected chi connectivity index (χ0v) is 14.1. The molecule has 0 unspecified atom stereocenters. The Hall–Kier alpha value is -2.40. The number of rotatable bonds is 5. The van der Waals surface area contributed by atoms with Crippen molar-refractivity contribution in [2.75, 3.05) is 0 Å². The summed E-state index contributed by atoms with van der Waals surface area (Å²) in [5.41, 5.74) is 8.67. The maximum atomic E-state index is 7.71. The summed E-state index contributed by atoms with van der Waals surface area (Å²) in [6, 6.07) is 16.0. The first-order valence-corrected chi connectivity index (χ1v) is 8.09. The van der Waals surface area contributed by atoms with Gasteiger partial charge in [-0.05, 0) is 23.3 Å². The topological polar surface area (TPSA) is 67.7 Å². The molecule has 0 spiro atoms. The minimum atomic E-state index is 0.0919. The largest absolute Gasteiger partial charge is 0.384 e. The first kappa shape index (κ1) is 15.5. The Morgan fingerprint density at radius 3 is 2.78 bits per heavy atom. The van der Waals surface area contributed by atoms with Gasteiger partial charge >= 0.3 is 0 Å². The number of aromatic nitrogens is 2. The number of amidine groups is 1. The van der Waals surface area contributed by atoms with Gasteiger partial charge in [-0.1, -0.05) is 52.3 Å². The molecule has 0 fully saturated rings. The van der Waals surface area contributed by atoms with Gasteiger partial charge in [-0.15, -0.1) is 0 Å². The molecule has 3 aromatic rings. The lowest BCUT2D eigenvalue weighted by molar-refractivity contribution is 0.739. The van der Waals surface area contributed by atoms with Crippen molar-refractivity contribution in [1.82, 2.24) is 9.55 Å². The fraction of sp³-hybridized carbons (Fsp3) is 0.111. The number of halogens is 1. The molecule has 0 atom stereocenters. The number of nitrogens with two attached hydrogens (primary N) is 1. The van der Waals surface area contributed by atoms with E-state index in [0.717, 1.165) is 27.8 Å². The van der Waals surface area contributed by atoms with Crippen LogP contribution < -0.4 is 5.73 Å². The average molecular weight is 369 g/mol. The van der Waals surface area contributed by atoms with E-state index in [4.69, 9.17) is 11.1 Å². The van der Waals surface area contributed by atoms with Crippen molar-refractivity contribution in [2.24, 2.45) is 5.73 Å². The Morgan fingerprint density at radius 2 is 2.00 bits per heavy atom. The molecule has 23 heavy (non-hydrogen) atoms. The number of imidazole rings is 1. The minimum Gasteiger partial charge on any atom is -0.384 e. The molecular weight excluding hydrogens is 352 g/mol. The average Bonchev–Trinajstić information content (AvgIpc) is 2.94. The molecule has 0 amide bonds. The van der Waals surface area contributed by atoms with Crippen molar-refractivity contribution in [3.8, 4) is 0 Å². The maximum Gasteiger partial charge on any atom is 0.123 e. The van der Waals surface area contributed by atoms with Crippen LogP contribution in [0.2, 0.25) is 0 Å². The summed E-state index contributed by atoms with van der Waals surface area (Å²) in [7, 11) is 0. The van der Waals surface area contributed by atoms with Gasteiger partial charge in [0.25, 0.3) is 0 Å². The van der Waals surface area contributed by atoms with Crippen LogP contribution in [-0.2, 0) is 13.0 Å². The van der Waals surface area contributed by atoms with E-state index in [2.05, 4.69) is 37.6 Å². The normalized spacial score (nSPS) is 10.7. The van der Waals surface area contributed by atoms with Gasteiger partial charge in [-0.3, -0.25) is 5.41 Å². The number of hydrogen-bond acceptors (Lipinski definition) is 2. The Bertz CT molecular complexity index is 838. The number of nitrogens with zero attached hydrogens (tertiary/aromatic N) is 2. The summed E-state index contributed by atoms with van der Waals surface area (Å²) in [6.07, 6.45) is 4.53. The van der Waals surface area contributed by atoms with E-state index in [-0.39, 0.29) is 5.84 Å². The molecule has 2 aromatic carbocycles. The molecule has 0 aliphatic heterocycles. The van der Waals surface area contributed by atoms with Gasteiger partial charge in [0.15, 0.2) is 0 Å². The van der Waals surface area contributed by atoms with E-state index < -0.39 is 0 Å². The molecule has 3 rings (SSSR count). The van der Waals surface area contributed by atoms with Crippen molar-refractivity contribution in [3.05, 3.63) is 87.9 Å². The lowest BCUT2D eigenvalue weighted by Crippen LogP contribution is -2.15. The Morgan fingerprint density at radius 1 is 1.17 bits per heavy atom. The molecule has 0 saturated carbocycles.